The number of likely N-dealkylation sites (N-methyl/N-ethyl adjacent to an activating group) is 1. The normalized spacial score (nSPS) is 10.7. The maximum Gasteiger partial charge on any atom is 0.263 e. The molecule has 0 saturated carbocycles. The summed E-state index contributed by atoms with van der Waals surface area (Å²) in [4.78, 5) is 14.8. The molecule has 7 heteroatoms. The van der Waals surface area contributed by atoms with E-state index in [1.807, 2.05) is 6.92 Å². The molecule has 6 nitrogen and oxygen atoms in total. The van der Waals surface area contributed by atoms with Crippen LogP contribution < -0.4 is 21.1 Å². The monoisotopic (exact) mass is 314 g/mol. The van der Waals surface area contributed by atoms with E-state index < -0.39 is 0 Å². The van der Waals surface area contributed by atoms with Gasteiger partial charge in [0.15, 0.2) is 5.75 Å². The minimum absolute atomic E-state index is 0.157. The van der Waals surface area contributed by atoms with Crippen molar-refractivity contribution in [2.75, 3.05) is 50.9 Å². The Hall–Kier alpha value is -1.47. The van der Waals surface area contributed by atoms with Crippen molar-refractivity contribution >= 4 is 27.9 Å². The number of ether oxygens (including phenoxy) is 1. The Morgan fingerprint density at radius 3 is 2.52 bits per heavy atom. The van der Waals surface area contributed by atoms with Gasteiger partial charge in [-0.15, -0.1) is 11.3 Å². The Balaban J connectivity index is 2.77. The van der Waals surface area contributed by atoms with Gasteiger partial charge in [0.05, 0.1) is 7.11 Å². The molecule has 21 heavy (non-hydrogen) atoms. The Kier molecular flexibility index (Phi) is 7.31. The van der Waals surface area contributed by atoms with Gasteiger partial charge in [-0.2, -0.15) is 0 Å². The van der Waals surface area contributed by atoms with Crippen LogP contribution in [0.25, 0.3) is 0 Å². The number of methoxy groups -OCH3 is 1. The summed E-state index contributed by atoms with van der Waals surface area (Å²) in [6.45, 7) is 10.5. The third kappa shape index (κ3) is 4.50. The molecule has 0 bridgehead atoms. The number of carbonyl (C=O) groups excluding carboxylic acids is 1. The molecule has 1 aromatic rings. The van der Waals surface area contributed by atoms with Crippen molar-refractivity contribution < 1.29 is 9.53 Å². The zero-order chi connectivity index (χ0) is 15.8. The van der Waals surface area contributed by atoms with E-state index >= 15 is 0 Å². The average Bonchev–Trinajstić information content (AvgIpc) is 2.80. The highest BCUT2D eigenvalue weighted by Crippen LogP contribution is 2.42. The van der Waals surface area contributed by atoms with Crippen molar-refractivity contribution in [2.24, 2.45) is 0 Å². The molecule has 0 saturated heterocycles. The summed E-state index contributed by atoms with van der Waals surface area (Å²) < 4.78 is 5.32. The number of nitrogens with zero attached hydrogens (tertiary/aromatic N) is 1. The number of hydrogen-bond donors (Lipinski definition) is 3. The minimum atomic E-state index is -0.157. The Morgan fingerprint density at radius 1 is 1.33 bits per heavy atom. The second kappa shape index (κ2) is 8.74. The Labute approximate surface area is 130 Å². The van der Waals surface area contributed by atoms with E-state index in [0.717, 1.165) is 31.2 Å². The van der Waals surface area contributed by atoms with Crippen LogP contribution in [-0.4, -0.2) is 50.6 Å². The number of rotatable bonds is 9. The third-order valence-electron chi connectivity index (χ3n) is 3.26. The predicted molar refractivity (Wildman–Crippen MR) is 89.6 cm³/mol. The van der Waals surface area contributed by atoms with E-state index in [0.29, 0.717) is 22.9 Å². The van der Waals surface area contributed by atoms with Crippen molar-refractivity contribution in [3.63, 3.8) is 0 Å². The lowest BCUT2D eigenvalue weighted by molar-refractivity contribution is 0.0960. The van der Waals surface area contributed by atoms with Gasteiger partial charge < -0.3 is 26.0 Å². The minimum Gasteiger partial charge on any atom is -0.492 e. The molecule has 1 amide bonds. The first-order chi connectivity index (χ1) is 10.1. The number of amides is 1. The number of nitrogens with one attached hydrogen (secondary N) is 2. The van der Waals surface area contributed by atoms with E-state index in [1.54, 1.807) is 7.11 Å². The summed E-state index contributed by atoms with van der Waals surface area (Å²) in [6, 6.07) is 0. The fourth-order valence-corrected chi connectivity index (χ4v) is 3.06. The zero-order valence-electron chi connectivity index (χ0n) is 13.3. The van der Waals surface area contributed by atoms with Crippen molar-refractivity contribution in [3.8, 4) is 5.75 Å². The lowest BCUT2D eigenvalue weighted by Crippen LogP contribution is -2.28. The zero-order valence-corrected chi connectivity index (χ0v) is 14.1. The standard InChI is InChI=1S/C14H26N4O2S/c1-5-16-13(19)12-10(15)11(20-4)14(21-12)17-8-9-18(6-2)7-3/h17H,5-9,15H2,1-4H3,(H,16,19). The van der Waals surface area contributed by atoms with E-state index in [2.05, 4.69) is 29.4 Å². The average molecular weight is 314 g/mol. The molecule has 0 aliphatic carbocycles. The van der Waals surface area contributed by atoms with Gasteiger partial charge in [0.2, 0.25) is 0 Å². The molecular formula is C14H26N4O2S. The SMILES string of the molecule is CCNC(=O)c1sc(NCCN(CC)CC)c(OC)c1N. The highest BCUT2D eigenvalue weighted by Gasteiger charge is 2.21. The first kappa shape index (κ1) is 17.6. The molecule has 0 radical (unpaired) electrons. The number of nitrogens with two attached hydrogens (primary N) is 1. The van der Waals surface area contributed by atoms with Gasteiger partial charge >= 0.3 is 0 Å². The molecule has 4 N–H and O–H groups in total. The van der Waals surface area contributed by atoms with Crippen molar-refractivity contribution in [3.05, 3.63) is 4.88 Å². The molecule has 0 fully saturated rings. The van der Waals surface area contributed by atoms with Crippen molar-refractivity contribution in [1.82, 2.24) is 10.2 Å². The summed E-state index contributed by atoms with van der Waals surface area (Å²) in [5.41, 5.74) is 6.41. The molecule has 0 aromatic carbocycles. The van der Waals surface area contributed by atoms with Crippen LogP contribution in [0.15, 0.2) is 0 Å². The van der Waals surface area contributed by atoms with Gasteiger partial charge in [-0.05, 0) is 20.0 Å². The van der Waals surface area contributed by atoms with Crippen LogP contribution in [0, 0.1) is 0 Å². The lowest BCUT2D eigenvalue weighted by Gasteiger charge is -2.18. The molecule has 1 aromatic heterocycles. The second-order valence-corrected chi connectivity index (χ2v) is 5.54. The van der Waals surface area contributed by atoms with Crippen LogP contribution in [0.5, 0.6) is 5.75 Å². The summed E-state index contributed by atoms with van der Waals surface area (Å²) in [5.74, 6) is 0.399. The number of anilines is 2. The van der Waals surface area contributed by atoms with Gasteiger partial charge in [-0.3, -0.25) is 4.79 Å². The number of nitrogen functional groups attached to an aromatic ring is 1. The largest absolute Gasteiger partial charge is 0.492 e. The first-order valence-electron chi connectivity index (χ1n) is 7.29. The van der Waals surface area contributed by atoms with Gasteiger partial charge in [0.1, 0.15) is 15.6 Å². The van der Waals surface area contributed by atoms with Crippen LogP contribution in [0.1, 0.15) is 30.4 Å². The lowest BCUT2D eigenvalue weighted by atomic mass is 10.3. The highest BCUT2D eigenvalue weighted by molar-refractivity contribution is 7.19. The summed E-state index contributed by atoms with van der Waals surface area (Å²) in [6.07, 6.45) is 0. The summed E-state index contributed by atoms with van der Waals surface area (Å²) in [5, 5.41) is 6.88. The van der Waals surface area contributed by atoms with Crippen LogP contribution in [0.4, 0.5) is 10.7 Å². The van der Waals surface area contributed by atoms with Crippen LogP contribution in [0.2, 0.25) is 0 Å². The number of hydrogen-bond acceptors (Lipinski definition) is 6. The van der Waals surface area contributed by atoms with Crippen LogP contribution >= 0.6 is 11.3 Å². The Bertz CT molecular complexity index is 458. The molecule has 1 heterocycles. The van der Waals surface area contributed by atoms with Crippen molar-refractivity contribution in [2.45, 2.75) is 20.8 Å². The van der Waals surface area contributed by atoms with Gasteiger partial charge in [-0.1, -0.05) is 13.8 Å². The van der Waals surface area contributed by atoms with Gasteiger partial charge in [-0.25, -0.2) is 0 Å². The van der Waals surface area contributed by atoms with Gasteiger partial charge in [0, 0.05) is 19.6 Å². The molecule has 0 spiro atoms. The maximum absolute atomic E-state index is 11.9. The molecule has 120 valence electrons. The number of carbonyl (C=O) groups is 1. The molecule has 1 rings (SSSR count). The molecule has 0 aliphatic heterocycles. The highest BCUT2D eigenvalue weighted by atomic mass is 32.1. The van der Waals surface area contributed by atoms with Crippen LogP contribution in [0.3, 0.4) is 0 Å². The third-order valence-corrected chi connectivity index (χ3v) is 4.40. The smallest absolute Gasteiger partial charge is 0.263 e. The number of thiophene rings is 1. The van der Waals surface area contributed by atoms with Crippen LogP contribution in [-0.2, 0) is 0 Å². The molecule has 0 atom stereocenters. The second-order valence-electron chi connectivity index (χ2n) is 4.52. The maximum atomic E-state index is 11.9. The fraction of sp³-hybridized carbons (Fsp3) is 0.643. The topological polar surface area (TPSA) is 79.6 Å². The quantitative estimate of drug-likeness (QED) is 0.648. The van der Waals surface area contributed by atoms with Crippen molar-refractivity contribution in [1.29, 1.82) is 0 Å². The Morgan fingerprint density at radius 2 is 2.00 bits per heavy atom. The van der Waals surface area contributed by atoms with E-state index in [1.165, 1.54) is 11.3 Å². The first-order valence-corrected chi connectivity index (χ1v) is 8.11. The van der Waals surface area contributed by atoms with E-state index in [4.69, 9.17) is 10.5 Å². The fourth-order valence-electron chi connectivity index (χ4n) is 2.02. The summed E-state index contributed by atoms with van der Waals surface area (Å²) >= 11 is 1.33. The molecule has 0 aliphatic rings. The van der Waals surface area contributed by atoms with E-state index in [9.17, 15) is 4.79 Å². The van der Waals surface area contributed by atoms with Gasteiger partial charge in [0.25, 0.3) is 5.91 Å². The summed E-state index contributed by atoms with van der Waals surface area (Å²) in [7, 11) is 1.56. The van der Waals surface area contributed by atoms with E-state index in [-0.39, 0.29) is 5.91 Å². The molecular weight excluding hydrogens is 288 g/mol. The molecule has 0 unspecified atom stereocenters. The predicted octanol–water partition coefficient (Wildman–Crippen LogP) is 1.84.